The van der Waals surface area contributed by atoms with E-state index in [0.29, 0.717) is 0 Å². The van der Waals surface area contributed by atoms with Crippen LogP contribution in [0.5, 0.6) is 0 Å². The Balaban J connectivity index is 2.13. The number of nitrogens with zero attached hydrogens (tertiary/aromatic N) is 2. The lowest BCUT2D eigenvalue weighted by Crippen LogP contribution is -2.36. The van der Waals surface area contributed by atoms with Gasteiger partial charge in [0, 0.05) is 24.2 Å². The van der Waals surface area contributed by atoms with Crippen molar-refractivity contribution in [2.45, 2.75) is 4.90 Å². The maximum absolute atomic E-state index is 5.31. The highest BCUT2D eigenvalue weighted by Crippen LogP contribution is 2.21. The summed E-state index contributed by atoms with van der Waals surface area (Å²) < 4.78 is 5.31. The fourth-order valence-electron chi connectivity index (χ4n) is 1.51. The van der Waals surface area contributed by atoms with E-state index >= 15 is 0 Å². The van der Waals surface area contributed by atoms with Gasteiger partial charge >= 0.3 is 0 Å². The Morgan fingerprint density at radius 1 is 1.36 bits per heavy atom. The molecule has 14 heavy (non-hydrogen) atoms. The molecule has 1 aliphatic rings. The first-order valence-electron chi connectivity index (χ1n) is 4.72. The number of hydrogen-bond donors (Lipinski definition) is 0. The fraction of sp³-hybridized carbons (Fsp3) is 0.500. The first-order valence-corrected chi connectivity index (χ1v) is 5.94. The summed E-state index contributed by atoms with van der Waals surface area (Å²) in [5.41, 5.74) is 1.21. The van der Waals surface area contributed by atoms with Crippen molar-refractivity contribution in [1.82, 2.24) is 4.98 Å². The van der Waals surface area contributed by atoms with E-state index in [1.54, 1.807) is 11.8 Å². The average Bonchev–Trinajstić information content (AvgIpc) is 2.30. The molecule has 3 nitrogen and oxygen atoms in total. The van der Waals surface area contributed by atoms with Crippen molar-refractivity contribution < 1.29 is 4.74 Å². The second kappa shape index (κ2) is 4.66. The lowest BCUT2D eigenvalue weighted by atomic mass is 10.3. The van der Waals surface area contributed by atoms with Gasteiger partial charge in [0.15, 0.2) is 0 Å². The molecule has 2 rings (SSSR count). The van der Waals surface area contributed by atoms with E-state index in [0.717, 1.165) is 26.3 Å². The van der Waals surface area contributed by atoms with Crippen molar-refractivity contribution in [3.8, 4) is 0 Å². The van der Waals surface area contributed by atoms with E-state index in [1.807, 2.05) is 12.4 Å². The summed E-state index contributed by atoms with van der Waals surface area (Å²) in [6, 6.07) is 2.18. The van der Waals surface area contributed by atoms with E-state index in [-0.39, 0.29) is 0 Å². The fourth-order valence-corrected chi connectivity index (χ4v) is 1.92. The molecule has 1 saturated heterocycles. The van der Waals surface area contributed by atoms with Gasteiger partial charge in [-0.05, 0) is 12.3 Å². The summed E-state index contributed by atoms with van der Waals surface area (Å²) in [6.07, 6.45) is 5.89. The predicted octanol–water partition coefficient (Wildman–Crippen LogP) is 1.64. The van der Waals surface area contributed by atoms with Crippen LogP contribution in [0.4, 0.5) is 5.69 Å². The van der Waals surface area contributed by atoms with E-state index in [4.69, 9.17) is 4.74 Å². The normalized spacial score (nSPS) is 17.1. The molecule has 76 valence electrons. The SMILES string of the molecule is CSc1cncc(N2CCOCC2)c1. The van der Waals surface area contributed by atoms with Gasteiger partial charge in [-0.25, -0.2) is 0 Å². The van der Waals surface area contributed by atoms with Crippen LogP contribution in [-0.2, 0) is 4.74 Å². The highest BCUT2D eigenvalue weighted by atomic mass is 32.2. The Labute approximate surface area is 88.5 Å². The van der Waals surface area contributed by atoms with Crippen LogP contribution in [-0.4, -0.2) is 37.5 Å². The third-order valence-corrected chi connectivity index (χ3v) is 3.01. The molecule has 1 aromatic heterocycles. The van der Waals surface area contributed by atoms with Crippen LogP contribution in [0, 0.1) is 0 Å². The van der Waals surface area contributed by atoms with E-state index in [1.165, 1.54) is 10.6 Å². The molecule has 0 amide bonds. The minimum absolute atomic E-state index is 0.823. The quantitative estimate of drug-likeness (QED) is 0.693. The van der Waals surface area contributed by atoms with Crippen LogP contribution < -0.4 is 4.90 Å². The lowest BCUT2D eigenvalue weighted by Gasteiger charge is -2.28. The molecule has 0 saturated carbocycles. The Bertz CT molecular complexity index is 300. The van der Waals surface area contributed by atoms with Crippen molar-refractivity contribution >= 4 is 17.4 Å². The molecule has 4 heteroatoms. The minimum Gasteiger partial charge on any atom is -0.378 e. The van der Waals surface area contributed by atoms with Crippen LogP contribution in [0.3, 0.4) is 0 Å². The second-order valence-corrected chi connectivity index (χ2v) is 4.06. The molecular weight excluding hydrogens is 196 g/mol. The molecule has 0 aliphatic carbocycles. The molecule has 1 fully saturated rings. The second-order valence-electron chi connectivity index (χ2n) is 3.18. The zero-order valence-corrected chi connectivity index (χ0v) is 9.09. The van der Waals surface area contributed by atoms with Crippen LogP contribution in [0.25, 0.3) is 0 Å². The van der Waals surface area contributed by atoms with Gasteiger partial charge < -0.3 is 9.64 Å². The maximum atomic E-state index is 5.31. The van der Waals surface area contributed by atoms with Crippen molar-refractivity contribution in [2.24, 2.45) is 0 Å². The van der Waals surface area contributed by atoms with Crippen LogP contribution >= 0.6 is 11.8 Å². The summed E-state index contributed by atoms with van der Waals surface area (Å²) in [6.45, 7) is 3.59. The molecule has 0 spiro atoms. The lowest BCUT2D eigenvalue weighted by molar-refractivity contribution is 0.122. The van der Waals surface area contributed by atoms with Gasteiger partial charge in [0.05, 0.1) is 25.1 Å². The first-order chi connectivity index (χ1) is 6.90. The van der Waals surface area contributed by atoms with Crippen molar-refractivity contribution in [3.63, 3.8) is 0 Å². The minimum atomic E-state index is 0.823. The van der Waals surface area contributed by atoms with Crippen LogP contribution in [0.1, 0.15) is 0 Å². The molecule has 2 heterocycles. The first kappa shape index (κ1) is 9.80. The molecular formula is C10H14N2OS. The smallest absolute Gasteiger partial charge is 0.0642 e. The van der Waals surface area contributed by atoms with Gasteiger partial charge in [-0.3, -0.25) is 4.98 Å². The highest BCUT2D eigenvalue weighted by molar-refractivity contribution is 7.98. The summed E-state index contributed by atoms with van der Waals surface area (Å²) in [4.78, 5) is 7.76. The van der Waals surface area contributed by atoms with Crippen molar-refractivity contribution in [3.05, 3.63) is 18.5 Å². The zero-order valence-electron chi connectivity index (χ0n) is 8.27. The molecule has 0 aromatic carbocycles. The molecule has 1 aromatic rings. The Hall–Kier alpha value is -0.740. The maximum Gasteiger partial charge on any atom is 0.0642 e. The van der Waals surface area contributed by atoms with Gasteiger partial charge in [-0.15, -0.1) is 11.8 Å². The van der Waals surface area contributed by atoms with Gasteiger partial charge in [-0.1, -0.05) is 0 Å². The Morgan fingerprint density at radius 3 is 2.86 bits per heavy atom. The highest BCUT2D eigenvalue weighted by Gasteiger charge is 2.11. The molecule has 0 unspecified atom stereocenters. The predicted molar refractivity (Wildman–Crippen MR) is 59.1 cm³/mol. The number of aromatic nitrogens is 1. The molecule has 1 aliphatic heterocycles. The standard InChI is InChI=1S/C10H14N2OS/c1-14-10-6-9(7-11-8-10)12-2-4-13-5-3-12/h6-8H,2-5H2,1H3. The third-order valence-electron chi connectivity index (χ3n) is 2.31. The van der Waals surface area contributed by atoms with E-state index < -0.39 is 0 Å². The molecule has 0 bridgehead atoms. The van der Waals surface area contributed by atoms with Crippen LogP contribution in [0.15, 0.2) is 23.4 Å². The van der Waals surface area contributed by atoms with Gasteiger partial charge in [0.25, 0.3) is 0 Å². The summed E-state index contributed by atoms with van der Waals surface area (Å²) >= 11 is 1.73. The number of thioether (sulfide) groups is 1. The molecule has 0 N–H and O–H groups in total. The van der Waals surface area contributed by atoms with Gasteiger partial charge in [-0.2, -0.15) is 0 Å². The number of ether oxygens (including phenoxy) is 1. The van der Waals surface area contributed by atoms with Crippen LogP contribution in [0.2, 0.25) is 0 Å². The summed E-state index contributed by atoms with van der Waals surface area (Å²) in [5, 5.41) is 0. The van der Waals surface area contributed by atoms with E-state index in [2.05, 4.69) is 22.2 Å². The monoisotopic (exact) mass is 210 g/mol. The van der Waals surface area contributed by atoms with Gasteiger partial charge in [0.1, 0.15) is 0 Å². The largest absolute Gasteiger partial charge is 0.378 e. The van der Waals surface area contributed by atoms with E-state index in [9.17, 15) is 0 Å². The molecule has 0 radical (unpaired) electrons. The summed E-state index contributed by atoms with van der Waals surface area (Å²) in [7, 11) is 0. The zero-order chi connectivity index (χ0) is 9.80. The Morgan fingerprint density at radius 2 is 2.14 bits per heavy atom. The topological polar surface area (TPSA) is 25.4 Å². The number of hydrogen-bond acceptors (Lipinski definition) is 4. The van der Waals surface area contributed by atoms with Crippen molar-refractivity contribution in [2.75, 3.05) is 37.5 Å². The van der Waals surface area contributed by atoms with Gasteiger partial charge in [0.2, 0.25) is 0 Å². The number of anilines is 1. The number of pyridine rings is 1. The Kier molecular flexibility index (Phi) is 3.26. The average molecular weight is 210 g/mol. The summed E-state index contributed by atoms with van der Waals surface area (Å²) in [5.74, 6) is 0. The molecule has 0 atom stereocenters. The van der Waals surface area contributed by atoms with Crippen molar-refractivity contribution in [1.29, 1.82) is 0 Å². The third kappa shape index (κ3) is 2.19. The number of morpholine rings is 1. The number of rotatable bonds is 2.